The fourth-order valence-corrected chi connectivity index (χ4v) is 3.95. The Morgan fingerprint density at radius 3 is 2.62 bits per heavy atom. The highest BCUT2D eigenvalue weighted by Crippen LogP contribution is 2.31. The van der Waals surface area contributed by atoms with E-state index < -0.39 is 0 Å². The van der Waals surface area contributed by atoms with Crippen LogP contribution in [-0.2, 0) is 17.6 Å². The number of benzene rings is 1. The maximum absolute atomic E-state index is 5.80. The van der Waals surface area contributed by atoms with E-state index in [0.29, 0.717) is 12.1 Å². The van der Waals surface area contributed by atoms with Crippen molar-refractivity contribution >= 4 is 0 Å². The summed E-state index contributed by atoms with van der Waals surface area (Å²) in [5.74, 6) is 0.773. The summed E-state index contributed by atoms with van der Waals surface area (Å²) in [5.41, 5.74) is 3.14. The molecule has 1 aliphatic heterocycles. The highest BCUT2D eigenvalue weighted by molar-refractivity contribution is 5.32. The van der Waals surface area contributed by atoms with E-state index in [1.165, 1.54) is 44.9 Å². The lowest BCUT2D eigenvalue weighted by Gasteiger charge is -2.26. The highest BCUT2D eigenvalue weighted by Gasteiger charge is 2.29. The molecule has 2 unspecified atom stereocenters. The highest BCUT2D eigenvalue weighted by atomic mass is 16.5. The van der Waals surface area contributed by atoms with Gasteiger partial charge in [0.2, 0.25) is 0 Å². The van der Waals surface area contributed by atoms with E-state index >= 15 is 0 Å². The smallest absolute Gasteiger partial charge is 0.0576 e. The van der Waals surface area contributed by atoms with Crippen molar-refractivity contribution in [3.8, 4) is 0 Å². The SMILES string of the molecule is CCCNC(CCC1CCCO1)C1Cc2ccccc2C1. The number of fused-ring (bicyclic) bond motifs is 1. The number of nitrogens with one attached hydrogen (secondary N) is 1. The number of hydrogen-bond donors (Lipinski definition) is 1. The van der Waals surface area contributed by atoms with E-state index in [-0.39, 0.29) is 0 Å². The van der Waals surface area contributed by atoms with Crippen molar-refractivity contribution in [3.05, 3.63) is 35.4 Å². The van der Waals surface area contributed by atoms with Crippen molar-refractivity contribution in [2.24, 2.45) is 5.92 Å². The third-order valence-electron chi connectivity index (χ3n) is 5.13. The molecular weight excluding hydrogens is 258 g/mol. The summed E-state index contributed by atoms with van der Waals surface area (Å²) in [6.45, 7) is 4.38. The monoisotopic (exact) mass is 287 g/mol. The van der Waals surface area contributed by atoms with Crippen molar-refractivity contribution in [3.63, 3.8) is 0 Å². The maximum Gasteiger partial charge on any atom is 0.0576 e. The van der Waals surface area contributed by atoms with Crippen LogP contribution in [0.4, 0.5) is 0 Å². The normalized spacial score (nSPS) is 23.4. The number of rotatable bonds is 7. The number of hydrogen-bond acceptors (Lipinski definition) is 2. The minimum absolute atomic E-state index is 0.528. The lowest BCUT2D eigenvalue weighted by molar-refractivity contribution is 0.0972. The average molecular weight is 287 g/mol. The Morgan fingerprint density at radius 2 is 2.00 bits per heavy atom. The molecule has 0 bridgehead atoms. The molecule has 1 N–H and O–H groups in total. The molecule has 1 heterocycles. The molecule has 2 atom stereocenters. The van der Waals surface area contributed by atoms with Crippen LogP contribution in [0, 0.1) is 5.92 Å². The average Bonchev–Trinajstić information content (AvgIpc) is 3.16. The van der Waals surface area contributed by atoms with Gasteiger partial charge < -0.3 is 10.1 Å². The summed E-state index contributed by atoms with van der Waals surface area (Å²) in [4.78, 5) is 0. The van der Waals surface area contributed by atoms with Gasteiger partial charge in [-0.3, -0.25) is 0 Å². The Morgan fingerprint density at radius 1 is 1.24 bits per heavy atom. The van der Waals surface area contributed by atoms with Gasteiger partial charge in [0, 0.05) is 12.6 Å². The zero-order chi connectivity index (χ0) is 14.5. The molecule has 0 radical (unpaired) electrons. The third-order valence-corrected chi connectivity index (χ3v) is 5.13. The Hall–Kier alpha value is -0.860. The van der Waals surface area contributed by atoms with Crippen LogP contribution >= 0.6 is 0 Å². The summed E-state index contributed by atoms with van der Waals surface area (Å²) in [7, 11) is 0. The van der Waals surface area contributed by atoms with Crippen molar-refractivity contribution in [2.75, 3.05) is 13.2 Å². The quantitative estimate of drug-likeness (QED) is 0.825. The van der Waals surface area contributed by atoms with Gasteiger partial charge in [-0.15, -0.1) is 0 Å². The van der Waals surface area contributed by atoms with Gasteiger partial charge in [0.25, 0.3) is 0 Å². The second kappa shape index (κ2) is 7.42. The van der Waals surface area contributed by atoms with Gasteiger partial charge in [0.05, 0.1) is 6.10 Å². The Balaban J connectivity index is 1.57. The van der Waals surface area contributed by atoms with Crippen molar-refractivity contribution in [2.45, 2.75) is 64.0 Å². The molecule has 21 heavy (non-hydrogen) atoms. The molecule has 2 aliphatic rings. The van der Waals surface area contributed by atoms with Gasteiger partial charge >= 0.3 is 0 Å². The minimum atomic E-state index is 0.528. The van der Waals surface area contributed by atoms with Crippen LogP contribution in [0.25, 0.3) is 0 Å². The van der Waals surface area contributed by atoms with Gasteiger partial charge in [-0.2, -0.15) is 0 Å². The molecule has 116 valence electrons. The molecule has 2 nitrogen and oxygen atoms in total. The predicted molar refractivity (Wildman–Crippen MR) is 87.6 cm³/mol. The molecule has 2 heteroatoms. The maximum atomic E-state index is 5.80. The lowest BCUT2D eigenvalue weighted by Crippen LogP contribution is -2.38. The van der Waals surface area contributed by atoms with E-state index in [4.69, 9.17) is 4.74 Å². The zero-order valence-electron chi connectivity index (χ0n) is 13.3. The van der Waals surface area contributed by atoms with E-state index in [9.17, 15) is 0 Å². The Labute approximate surface area is 129 Å². The Bertz CT molecular complexity index is 414. The minimum Gasteiger partial charge on any atom is -0.378 e. The van der Waals surface area contributed by atoms with Crippen LogP contribution in [0.15, 0.2) is 24.3 Å². The Kier molecular flexibility index (Phi) is 5.32. The predicted octanol–water partition coefficient (Wildman–Crippen LogP) is 3.73. The van der Waals surface area contributed by atoms with Gasteiger partial charge in [0.15, 0.2) is 0 Å². The molecular formula is C19H29NO. The first-order valence-corrected chi connectivity index (χ1v) is 8.78. The zero-order valence-corrected chi connectivity index (χ0v) is 13.3. The molecule has 0 aromatic heterocycles. The number of ether oxygens (including phenoxy) is 1. The van der Waals surface area contributed by atoms with E-state index in [0.717, 1.165) is 19.1 Å². The van der Waals surface area contributed by atoms with E-state index in [2.05, 4.69) is 36.5 Å². The first-order chi connectivity index (χ1) is 10.4. The van der Waals surface area contributed by atoms with Crippen molar-refractivity contribution < 1.29 is 4.74 Å². The lowest BCUT2D eigenvalue weighted by atomic mass is 9.91. The topological polar surface area (TPSA) is 21.3 Å². The van der Waals surface area contributed by atoms with Crippen molar-refractivity contribution in [1.29, 1.82) is 0 Å². The summed E-state index contributed by atoms with van der Waals surface area (Å²) >= 11 is 0. The molecule has 3 rings (SSSR count). The fraction of sp³-hybridized carbons (Fsp3) is 0.684. The van der Waals surface area contributed by atoms with Gasteiger partial charge in [-0.25, -0.2) is 0 Å². The van der Waals surface area contributed by atoms with E-state index in [1.54, 1.807) is 11.1 Å². The molecule has 1 aliphatic carbocycles. The molecule has 0 amide bonds. The summed E-state index contributed by atoms with van der Waals surface area (Å²) in [6.07, 6.45) is 9.28. The second-order valence-electron chi connectivity index (χ2n) is 6.71. The second-order valence-corrected chi connectivity index (χ2v) is 6.71. The summed E-state index contributed by atoms with van der Waals surface area (Å²) in [6, 6.07) is 9.64. The van der Waals surface area contributed by atoms with Gasteiger partial charge in [-0.1, -0.05) is 31.2 Å². The van der Waals surface area contributed by atoms with E-state index in [1.807, 2.05) is 0 Å². The molecule has 1 aromatic rings. The van der Waals surface area contributed by atoms with Crippen LogP contribution in [0.2, 0.25) is 0 Å². The standard InChI is InChI=1S/C19H29NO/c1-2-11-20-19(10-9-18-8-5-12-21-18)17-13-15-6-3-4-7-16(15)14-17/h3-4,6-7,17-20H,2,5,8-14H2,1H3. The summed E-state index contributed by atoms with van der Waals surface area (Å²) < 4.78 is 5.80. The first kappa shape index (κ1) is 15.1. The van der Waals surface area contributed by atoms with Crippen LogP contribution in [-0.4, -0.2) is 25.3 Å². The molecule has 1 fully saturated rings. The third kappa shape index (κ3) is 3.87. The first-order valence-electron chi connectivity index (χ1n) is 8.78. The molecule has 0 saturated carbocycles. The molecule has 1 aromatic carbocycles. The fourth-order valence-electron chi connectivity index (χ4n) is 3.95. The van der Waals surface area contributed by atoms with Gasteiger partial charge in [-0.05, 0) is 68.5 Å². The van der Waals surface area contributed by atoms with Crippen LogP contribution in [0.3, 0.4) is 0 Å². The molecule has 0 spiro atoms. The van der Waals surface area contributed by atoms with Crippen molar-refractivity contribution in [1.82, 2.24) is 5.32 Å². The van der Waals surface area contributed by atoms with Gasteiger partial charge in [0.1, 0.15) is 0 Å². The largest absolute Gasteiger partial charge is 0.378 e. The van der Waals surface area contributed by atoms with Crippen LogP contribution in [0.1, 0.15) is 50.2 Å². The summed E-state index contributed by atoms with van der Waals surface area (Å²) in [5, 5.41) is 3.81. The molecule has 1 saturated heterocycles. The van der Waals surface area contributed by atoms with Crippen LogP contribution in [0.5, 0.6) is 0 Å². The van der Waals surface area contributed by atoms with Crippen LogP contribution < -0.4 is 5.32 Å².